The maximum absolute atomic E-state index is 12.6. The number of hydrogen-bond donors (Lipinski definition) is 4. The summed E-state index contributed by atoms with van der Waals surface area (Å²) >= 11 is 0. The van der Waals surface area contributed by atoms with E-state index < -0.39 is 6.29 Å². The van der Waals surface area contributed by atoms with Crippen molar-refractivity contribution in [2.75, 3.05) is 17.6 Å². The van der Waals surface area contributed by atoms with Crippen molar-refractivity contribution in [3.8, 4) is 0 Å². The van der Waals surface area contributed by atoms with Crippen LogP contribution in [-0.4, -0.2) is 34.5 Å². The number of ether oxygens (including phenoxy) is 2. The molecular formula is C47H54N4O5. The number of nitrogen functional groups attached to an aromatic ring is 1. The number of nitrogens with two attached hydrogens (primary N) is 1. The van der Waals surface area contributed by atoms with Crippen molar-refractivity contribution < 1.29 is 24.2 Å². The average Bonchev–Trinajstić information content (AvgIpc) is 3.23. The summed E-state index contributed by atoms with van der Waals surface area (Å²) in [6.45, 7) is 2.74. The minimum absolute atomic E-state index is 0.00507. The van der Waals surface area contributed by atoms with E-state index in [0.717, 1.165) is 67.6 Å². The molecule has 1 heterocycles. The van der Waals surface area contributed by atoms with Crippen LogP contribution in [0, 0.1) is 0 Å². The van der Waals surface area contributed by atoms with Crippen LogP contribution in [0.15, 0.2) is 133 Å². The van der Waals surface area contributed by atoms with Gasteiger partial charge in [0.25, 0.3) is 0 Å². The van der Waals surface area contributed by atoms with Crippen molar-refractivity contribution >= 4 is 23.2 Å². The summed E-state index contributed by atoms with van der Waals surface area (Å²) in [7, 11) is 0. The van der Waals surface area contributed by atoms with E-state index in [1.165, 1.54) is 11.1 Å². The number of nitrogens with one attached hydrogen (secondary N) is 2. The van der Waals surface area contributed by atoms with Crippen LogP contribution in [0.3, 0.4) is 0 Å². The predicted octanol–water partition coefficient (Wildman–Crippen LogP) is 8.60. The van der Waals surface area contributed by atoms with Gasteiger partial charge in [0.1, 0.15) is 0 Å². The molecule has 1 aliphatic heterocycles. The Morgan fingerprint density at radius 2 is 1.21 bits per heavy atom. The number of unbranched alkanes of at least 4 members (excludes halogenated alkanes) is 3. The van der Waals surface area contributed by atoms with Crippen LogP contribution in [0.2, 0.25) is 0 Å². The molecular weight excluding hydrogens is 701 g/mol. The van der Waals surface area contributed by atoms with Gasteiger partial charge in [0.05, 0.1) is 30.2 Å². The number of carbonyl (C=O) groups excluding carboxylic acids is 2. The highest BCUT2D eigenvalue weighted by Crippen LogP contribution is 2.38. The fourth-order valence-electron chi connectivity index (χ4n) is 7.02. The number of carbonyl (C=O) groups is 2. The largest absolute Gasteiger partial charge is 0.397 e. The van der Waals surface area contributed by atoms with Crippen LogP contribution < -0.4 is 16.4 Å². The lowest BCUT2D eigenvalue weighted by molar-refractivity contribution is -0.253. The molecule has 6 rings (SSSR count). The van der Waals surface area contributed by atoms with Crippen molar-refractivity contribution in [1.82, 2.24) is 10.2 Å². The number of rotatable bonds is 19. The molecule has 0 aromatic heterocycles. The Hall–Kier alpha value is -5.32. The first-order chi connectivity index (χ1) is 27.4. The zero-order valence-electron chi connectivity index (χ0n) is 32.0. The normalized spacial score (nSPS) is 16.7. The van der Waals surface area contributed by atoms with Crippen molar-refractivity contribution in [3.63, 3.8) is 0 Å². The van der Waals surface area contributed by atoms with E-state index in [1.807, 2.05) is 72.8 Å². The summed E-state index contributed by atoms with van der Waals surface area (Å²) in [4.78, 5) is 27.3. The van der Waals surface area contributed by atoms with E-state index in [9.17, 15) is 14.7 Å². The maximum atomic E-state index is 12.6. The zero-order chi connectivity index (χ0) is 39.0. The van der Waals surface area contributed by atoms with Gasteiger partial charge in [-0.15, -0.1) is 0 Å². The van der Waals surface area contributed by atoms with E-state index in [0.29, 0.717) is 37.2 Å². The minimum Gasteiger partial charge on any atom is -0.397 e. The van der Waals surface area contributed by atoms with Crippen LogP contribution in [0.5, 0.6) is 0 Å². The molecule has 5 aromatic carbocycles. The Labute approximate surface area is 330 Å². The van der Waals surface area contributed by atoms with Gasteiger partial charge in [0.15, 0.2) is 6.29 Å². The van der Waals surface area contributed by atoms with Gasteiger partial charge in [-0.05, 0) is 52.8 Å². The van der Waals surface area contributed by atoms with Crippen molar-refractivity contribution in [3.05, 3.63) is 167 Å². The second-order valence-corrected chi connectivity index (χ2v) is 14.6. The first kappa shape index (κ1) is 40.3. The molecule has 2 amide bonds. The summed E-state index contributed by atoms with van der Waals surface area (Å²) in [5.74, 6) is -0.0375. The standard InChI is InChI=1S/C47H54N4O5/c48-42-17-11-12-18-43(42)50-46(54)20-10-2-1-9-19-45(53)49-30-35-21-27-40(28-22-35)47-55-41(29-44(56-47)39-25-23-38(34-52)24-26-39)33-51(31-36-13-5-3-6-14-36)32-37-15-7-4-8-16-37/h3-8,11-18,21-28,41,44,47,52H,1-2,9-10,19-20,29-34,48H2,(H,49,53)(H,50,54)/t41-,44+,47+/m1/s1. The molecule has 1 fully saturated rings. The van der Waals surface area contributed by atoms with E-state index in [2.05, 4.69) is 64.1 Å². The van der Waals surface area contributed by atoms with Crippen LogP contribution in [0.4, 0.5) is 11.4 Å². The van der Waals surface area contributed by atoms with Gasteiger partial charge in [-0.3, -0.25) is 14.5 Å². The first-order valence-electron chi connectivity index (χ1n) is 19.7. The summed E-state index contributed by atoms with van der Waals surface area (Å²) < 4.78 is 13.4. The maximum Gasteiger partial charge on any atom is 0.224 e. The fraction of sp³-hybridized carbons (Fsp3) is 0.319. The van der Waals surface area contributed by atoms with Gasteiger partial charge in [0.2, 0.25) is 11.8 Å². The van der Waals surface area contributed by atoms with E-state index >= 15 is 0 Å². The van der Waals surface area contributed by atoms with Crippen molar-refractivity contribution in [2.24, 2.45) is 0 Å². The molecule has 5 N–H and O–H groups in total. The second-order valence-electron chi connectivity index (χ2n) is 14.6. The molecule has 0 radical (unpaired) electrons. The molecule has 0 unspecified atom stereocenters. The number of para-hydroxylation sites is 2. The molecule has 0 aliphatic carbocycles. The lowest BCUT2D eigenvalue weighted by atomic mass is 9.99. The number of aliphatic hydroxyl groups is 1. The molecule has 56 heavy (non-hydrogen) atoms. The third kappa shape index (κ3) is 12.6. The van der Waals surface area contributed by atoms with Crippen LogP contribution >= 0.6 is 0 Å². The third-order valence-electron chi connectivity index (χ3n) is 10.1. The second kappa shape index (κ2) is 21.1. The highest BCUT2D eigenvalue weighted by Gasteiger charge is 2.33. The highest BCUT2D eigenvalue weighted by molar-refractivity contribution is 5.93. The Kier molecular flexibility index (Phi) is 15.2. The first-order valence-corrected chi connectivity index (χ1v) is 19.7. The number of anilines is 2. The number of amides is 2. The van der Waals surface area contributed by atoms with Gasteiger partial charge in [-0.25, -0.2) is 0 Å². The van der Waals surface area contributed by atoms with Gasteiger partial charge in [-0.2, -0.15) is 0 Å². The van der Waals surface area contributed by atoms with Gasteiger partial charge in [0, 0.05) is 51.0 Å². The number of nitrogens with zero attached hydrogens (tertiary/aromatic N) is 1. The molecule has 292 valence electrons. The lowest BCUT2D eigenvalue weighted by Gasteiger charge is -2.38. The third-order valence-corrected chi connectivity index (χ3v) is 10.1. The summed E-state index contributed by atoms with van der Waals surface area (Å²) in [6, 6.07) is 44.3. The monoisotopic (exact) mass is 754 g/mol. The van der Waals surface area contributed by atoms with E-state index in [-0.39, 0.29) is 30.6 Å². The Balaban J connectivity index is 1.01. The summed E-state index contributed by atoms with van der Waals surface area (Å²) in [6.07, 6.45) is 4.00. The van der Waals surface area contributed by atoms with Crippen LogP contribution in [-0.2, 0) is 45.3 Å². The van der Waals surface area contributed by atoms with Crippen molar-refractivity contribution in [1.29, 1.82) is 0 Å². The summed E-state index contributed by atoms with van der Waals surface area (Å²) in [5, 5.41) is 15.5. The van der Waals surface area contributed by atoms with Crippen LogP contribution in [0.1, 0.15) is 90.7 Å². The topological polar surface area (TPSA) is 126 Å². The average molecular weight is 755 g/mol. The van der Waals surface area contributed by atoms with Crippen LogP contribution in [0.25, 0.3) is 0 Å². The van der Waals surface area contributed by atoms with Crippen molar-refractivity contribution in [2.45, 2.75) is 89.7 Å². The number of benzene rings is 5. The minimum atomic E-state index is -0.572. The van der Waals surface area contributed by atoms with E-state index in [1.54, 1.807) is 12.1 Å². The predicted molar refractivity (Wildman–Crippen MR) is 221 cm³/mol. The smallest absolute Gasteiger partial charge is 0.224 e. The fourth-order valence-corrected chi connectivity index (χ4v) is 7.02. The molecule has 1 aliphatic rings. The molecule has 9 heteroatoms. The molecule has 0 saturated carbocycles. The molecule has 3 atom stereocenters. The molecule has 9 nitrogen and oxygen atoms in total. The Morgan fingerprint density at radius 3 is 1.84 bits per heavy atom. The van der Waals surface area contributed by atoms with Gasteiger partial charge < -0.3 is 30.9 Å². The number of hydrogen-bond acceptors (Lipinski definition) is 7. The van der Waals surface area contributed by atoms with E-state index in [4.69, 9.17) is 15.2 Å². The van der Waals surface area contributed by atoms with Gasteiger partial charge in [-0.1, -0.05) is 134 Å². The molecule has 1 saturated heterocycles. The Morgan fingerprint density at radius 1 is 0.643 bits per heavy atom. The SMILES string of the molecule is Nc1ccccc1NC(=O)CCCCCCC(=O)NCc1ccc([C@H]2O[C@@H](CN(Cc3ccccc3)Cc3ccccc3)C[C@@H](c3ccc(CO)cc3)O2)cc1. The molecule has 0 bridgehead atoms. The van der Waals surface area contributed by atoms with Gasteiger partial charge >= 0.3 is 0 Å². The molecule has 0 spiro atoms. The lowest BCUT2D eigenvalue weighted by Crippen LogP contribution is -2.39. The Bertz CT molecular complexity index is 1900. The zero-order valence-corrected chi connectivity index (χ0v) is 32.0. The molecule has 5 aromatic rings. The highest BCUT2D eigenvalue weighted by atomic mass is 16.7. The quantitative estimate of drug-likeness (QED) is 0.0492. The number of aliphatic hydroxyl groups excluding tert-OH is 1. The summed E-state index contributed by atoms with van der Waals surface area (Å²) in [5.41, 5.74) is 13.4.